The van der Waals surface area contributed by atoms with Gasteiger partial charge in [0.25, 0.3) is 0 Å². The zero-order valence-electron chi connectivity index (χ0n) is 13.5. The van der Waals surface area contributed by atoms with Crippen LogP contribution in [0, 0.1) is 0 Å². The van der Waals surface area contributed by atoms with Gasteiger partial charge in [-0.15, -0.1) is 12.4 Å². The Morgan fingerprint density at radius 2 is 1.88 bits per heavy atom. The molecule has 1 aromatic carbocycles. The number of nitrogens with zero attached hydrogens (tertiary/aromatic N) is 1. The SMILES string of the molecule is CN(C(=O)Cc1cccc(C(F)(F)F)c1)C1CC2CCC(C1)N2.Cl. The lowest BCUT2D eigenvalue weighted by atomic mass is 9.98. The number of fused-ring (bicyclic) bond motifs is 2. The molecule has 7 heteroatoms. The third kappa shape index (κ3) is 4.22. The number of hydrogen-bond donors (Lipinski definition) is 1. The first kappa shape index (κ1) is 19.1. The lowest BCUT2D eigenvalue weighted by Gasteiger charge is -2.35. The summed E-state index contributed by atoms with van der Waals surface area (Å²) in [6.45, 7) is 0. The predicted octanol–water partition coefficient (Wildman–Crippen LogP) is 3.41. The Bertz CT molecular complexity index is 581. The molecule has 2 bridgehead atoms. The van der Waals surface area contributed by atoms with Crippen LogP contribution in [-0.2, 0) is 17.4 Å². The number of halogens is 4. The standard InChI is InChI=1S/C17H21F3N2O.ClH/c1-22(15-9-13-5-6-14(10-15)21-13)16(23)8-11-3-2-4-12(7-11)17(18,19)20;/h2-4,7,13-15,21H,5-6,8-10H2,1H3;1H. The van der Waals surface area contributed by atoms with Crippen molar-refractivity contribution in [2.75, 3.05) is 7.05 Å². The number of amides is 1. The van der Waals surface area contributed by atoms with Crippen molar-refractivity contribution < 1.29 is 18.0 Å². The molecule has 0 aromatic heterocycles. The van der Waals surface area contributed by atoms with Crippen LogP contribution in [0.25, 0.3) is 0 Å². The summed E-state index contributed by atoms with van der Waals surface area (Å²) in [5, 5.41) is 3.52. The minimum absolute atomic E-state index is 0. The molecular weight excluding hydrogens is 341 g/mol. The predicted molar refractivity (Wildman–Crippen MR) is 88.1 cm³/mol. The van der Waals surface area contributed by atoms with E-state index in [-0.39, 0.29) is 30.8 Å². The number of likely N-dealkylation sites (N-methyl/N-ethyl adjacent to an activating group) is 1. The summed E-state index contributed by atoms with van der Waals surface area (Å²) < 4.78 is 38.2. The summed E-state index contributed by atoms with van der Waals surface area (Å²) in [5.74, 6) is -0.115. The maximum absolute atomic E-state index is 12.7. The summed E-state index contributed by atoms with van der Waals surface area (Å²) >= 11 is 0. The van der Waals surface area contributed by atoms with Gasteiger partial charge in [-0.05, 0) is 37.3 Å². The van der Waals surface area contributed by atoms with E-state index in [1.165, 1.54) is 6.07 Å². The number of carbonyl (C=O) groups excluding carboxylic acids is 1. The summed E-state index contributed by atoms with van der Waals surface area (Å²) in [5.41, 5.74) is -0.293. The molecule has 0 radical (unpaired) electrons. The summed E-state index contributed by atoms with van der Waals surface area (Å²) in [4.78, 5) is 14.2. The van der Waals surface area contributed by atoms with Gasteiger partial charge in [-0.25, -0.2) is 0 Å². The number of benzene rings is 1. The molecule has 2 aliphatic rings. The third-order valence-electron chi connectivity index (χ3n) is 5.00. The Morgan fingerprint density at radius 3 is 2.46 bits per heavy atom. The second kappa shape index (κ2) is 7.31. The zero-order chi connectivity index (χ0) is 16.6. The number of rotatable bonds is 3. The quantitative estimate of drug-likeness (QED) is 0.893. The molecule has 3 nitrogen and oxygen atoms in total. The molecule has 3 rings (SSSR count). The Morgan fingerprint density at radius 1 is 1.25 bits per heavy atom. The maximum atomic E-state index is 12.7. The summed E-state index contributed by atoms with van der Waals surface area (Å²) in [7, 11) is 1.77. The number of piperidine rings is 1. The molecule has 2 unspecified atom stereocenters. The topological polar surface area (TPSA) is 32.3 Å². The number of nitrogens with one attached hydrogen (secondary N) is 1. The molecule has 0 spiro atoms. The molecule has 134 valence electrons. The number of alkyl halides is 3. The van der Waals surface area contributed by atoms with Crippen molar-refractivity contribution in [3.63, 3.8) is 0 Å². The van der Waals surface area contributed by atoms with Crippen molar-refractivity contribution in [2.24, 2.45) is 0 Å². The lowest BCUT2D eigenvalue weighted by Crippen LogP contribution is -2.49. The summed E-state index contributed by atoms with van der Waals surface area (Å²) in [6, 6.07) is 6.17. The first-order chi connectivity index (χ1) is 10.8. The Hall–Kier alpha value is -1.27. The molecule has 1 amide bonds. The molecular formula is C17H22ClF3N2O. The molecule has 0 saturated carbocycles. The van der Waals surface area contributed by atoms with Crippen LogP contribution in [0.2, 0.25) is 0 Å². The van der Waals surface area contributed by atoms with Gasteiger partial charge in [0.1, 0.15) is 0 Å². The highest BCUT2D eigenvalue weighted by molar-refractivity contribution is 5.85. The van der Waals surface area contributed by atoms with Crippen LogP contribution in [0.1, 0.15) is 36.8 Å². The van der Waals surface area contributed by atoms with Crippen LogP contribution in [0.3, 0.4) is 0 Å². The van der Waals surface area contributed by atoms with E-state index >= 15 is 0 Å². The van der Waals surface area contributed by atoms with E-state index in [0.717, 1.165) is 37.8 Å². The Balaban J connectivity index is 0.00000208. The van der Waals surface area contributed by atoms with Gasteiger partial charge in [-0.2, -0.15) is 13.2 Å². The van der Waals surface area contributed by atoms with E-state index in [4.69, 9.17) is 0 Å². The average Bonchev–Trinajstić information content (AvgIpc) is 2.84. The van der Waals surface area contributed by atoms with Crippen molar-refractivity contribution in [1.29, 1.82) is 0 Å². The molecule has 1 N–H and O–H groups in total. The normalized spacial score (nSPS) is 25.9. The smallest absolute Gasteiger partial charge is 0.342 e. The monoisotopic (exact) mass is 362 g/mol. The van der Waals surface area contributed by atoms with Gasteiger partial charge in [-0.1, -0.05) is 18.2 Å². The van der Waals surface area contributed by atoms with Gasteiger partial charge < -0.3 is 10.2 Å². The van der Waals surface area contributed by atoms with Crippen LogP contribution in [0.15, 0.2) is 24.3 Å². The van der Waals surface area contributed by atoms with Crippen LogP contribution < -0.4 is 5.32 Å². The van der Waals surface area contributed by atoms with Crippen LogP contribution in [0.5, 0.6) is 0 Å². The Labute approximate surface area is 146 Å². The van der Waals surface area contributed by atoms with E-state index in [1.807, 2.05) is 0 Å². The average molecular weight is 363 g/mol. The largest absolute Gasteiger partial charge is 0.416 e. The van der Waals surface area contributed by atoms with E-state index in [9.17, 15) is 18.0 Å². The summed E-state index contributed by atoms with van der Waals surface area (Å²) in [6.07, 6.45) is -0.199. The second-order valence-corrected chi connectivity index (χ2v) is 6.64. The molecule has 2 atom stereocenters. The first-order valence-electron chi connectivity index (χ1n) is 8.01. The van der Waals surface area contributed by atoms with Gasteiger partial charge in [0.15, 0.2) is 0 Å². The van der Waals surface area contributed by atoms with Gasteiger partial charge in [0.05, 0.1) is 12.0 Å². The van der Waals surface area contributed by atoms with Crippen LogP contribution in [-0.4, -0.2) is 36.0 Å². The highest BCUT2D eigenvalue weighted by Crippen LogP contribution is 2.31. The zero-order valence-corrected chi connectivity index (χ0v) is 14.3. The molecule has 1 aromatic rings. The van der Waals surface area contributed by atoms with Crippen molar-refractivity contribution in [2.45, 2.75) is 56.4 Å². The molecule has 2 fully saturated rings. The van der Waals surface area contributed by atoms with E-state index < -0.39 is 11.7 Å². The molecule has 2 saturated heterocycles. The molecule has 0 aliphatic carbocycles. The van der Waals surface area contributed by atoms with Gasteiger partial charge in [-0.3, -0.25) is 4.79 Å². The van der Waals surface area contributed by atoms with Crippen molar-refractivity contribution >= 4 is 18.3 Å². The fourth-order valence-electron chi connectivity index (χ4n) is 3.70. The fraction of sp³-hybridized carbons (Fsp3) is 0.588. The molecule has 2 aliphatic heterocycles. The number of carbonyl (C=O) groups is 1. The highest BCUT2D eigenvalue weighted by atomic mass is 35.5. The van der Waals surface area contributed by atoms with Crippen molar-refractivity contribution in [3.05, 3.63) is 35.4 Å². The van der Waals surface area contributed by atoms with E-state index in [1.54, 1.807) is 18.0 Å². The molecule has 2 heterocycles. The van der Waals surface area contributed by atoms with Crippen LogP contribution >= 0.6 is 12.4 Å². The minimum atomic E-state index is -4.38. The van der Waals surface area contributed by atoms with Crippen molar-refractivity contribution in [3.8, 4) is 0 Å². The highest BCUT2D eigenvalue weighted by Gasteiger charge is 2.36. The first-order valence-corrected chi connectivity index (χ1v) is 8.01. The number of hydrogen-bond acceptors (Lipinski definition) is 2. The second-order valence-electron chi connectivity index (χ2n) is 6.64. The maximum Gasteiger partial charge on any atom is 0.416 e. The van der Waals surface area contributed by atoms with Gasteiger partial charge in [0, 0.05) is 25.2 Å². The lowest BCUT2D eigenvalue weighted by molar-refractivity contribution is -0.138. The molecule has 24 heavy (non-hydrogen) atoms. The van der Waals surface area contributed by atoms with Crippen molar-refractivity contribution in [1.82, 2.24) is 10.2 Å². The van der Waals surface area contributed by atoms with Crippen LogP contribution in [0.4, 0.5) is 13.2 Å². The van der Waals surface area contributed by atoms with E-state index in [2.05, 4.69) is 5.32 Å². The van der Waals surface area contributed by atoms with Gasteiger partial charge >= 0.3 is 6.18 Å². The minimum Gasteiger partial charge on any atom is -0.342 e. The van der Waals surface area contributed by atoms with E-state index in [0.29, 0.717) is 17.6 Å². The Kier molecular flexibility index (Phi) is 5.81. The fourth-order valence-corrected chi connectivity index (χ4v) is 3.70. The third-order valence-corrected chi connectivity index (χ3v) is 5.00. The van der Waals surface area contributed by atoms with Gasteiger partial charge in [0.2, 0.25) is 5.91 Å².